The van der Waals surface area contributed by atoms with E-state index in [1.165, 1.54) is 12.3 Å². The standard InChI is InChI=1S/C14H20FN3O/c1-2-18(13-5-3-12(16)4-6-13)14(19)10-7-11(15)9-17-8-10/h7-9,12-13H,2-6,16H2,1H3. The Balaban J connectivity index is 2.11. The van der Waals surface area contributed by atoms with Gasteiger partial charge >= 0.3 is 0 Å². The van der Waals surface area contributed by atoms with Gasteiger partial charge in [-0.1, -0.05) is 0 Å². The highest BCUT2D eigenvalue weighted by Gasteiger charge is 2.27. The molecule has 0 radical (unpaired) electrons. The maximum atomic E-state index is 13.1. The molecule has 0 aromatic carbocycles. The van der Waals surface area contributed by atoms with E-state index >= 15 is 0 Å². The van der Waals surface area contributed by atoms with E-state index in [0.717, 1.165) is 31.9 Å². The largest absolute Gasteiger partial charge is 0.336 e. The molecule has 19 heavy (non-hydrogen) atoms. The average molecular weight is 265 g/mol. The van der Waals surface area contributed by atoms with Crippen molar-refractivity contribution in [3.63, 3.8) is 0 Å². The Morgan fingerprint density at radius 3 is 2.68 bits per heavy atom. The third kappa shape index (κ3) is 3.29. The molecular formula is C14H20FN3O. The van der Waals surface area contributed by atoms with Gasteiger partial charge in [0.1, 0.15) is 5.82 Å². The summed E-state index contributed by atoms with van der Waals surface area (Å²) in [6.45, 7) is 2.56. The lowest BCUT2D eigenvalue weighted by molar-refractivity contribution is 0.0639. The summed E-state index contributed by atoms with van der Waals surface area (Å²) in [5.74, 6) is -0.623. The first-order valence-corrected chi connectivity index (χ1v) is 6.79. The minimum atomic E-state index is -0.479. The molecule has 0 spiro atoms. The van der Waals surface area contributed by atoms with Gasteiger partial charge in [0.25, 0.3) is 5.91 Å². The lowest BCUT2D eigenvalue weighted by atomic mass is 9.90. The zero-order valence-electron chi connectivity index (χ0n) is 11.2. The second-order valence-corrected chi connectivity index (χ2v) is 5.05. The fraction of sp³-hybridized carbons (Fsp3) is 0.571. The normalized spacial score (nSPS) is 23.1. The molecule has 0 unspecified atom stereocenters. The van der Waals surface area contributed by atoms with Crippen LogP contribution in [0.1, 0.15) is 43.0 Å². The average Bonchev–Trinajstić information content (AvgIpc) is 2.41. The fourth-order valence-corrected chi connectivity index (χ4v) is 2.68. The van der Waals surface area contributed by atoms with Crippen LogP contribution in [0.4, 0.5) is 4.39 Å². The summed E-state index contributed by atoms with van der Waals surface area (Å²) in [4.78, 5) is 17.9. The molecule has 1 aliphatic carbocycles. The number of pyridine rings is 1. The van der Waals surface area contributed by atoms with Gasteiger partial charge in [-0.25, -0.2) is 4.39 Å². The number of hydrogen-bond acceptors (Lipinski definition) is 3. The summed E-state index contributed by atoms with van der Waals surface area (Å²) in [5, 5.41) is 0. The molecule has 1 aromatic rings. The summed E-state index contributed by atoms with van der Waals surface area (Å²) >= 11 is 0. The van der Waals surface area contributed by atoms with Gasteiger partial charge in [-0.15, -0.1) is 0 Å². The van der Waals surface area contributed by atoms with Gasteiger partial charge < -0.3 is 10.6 Å². The number of nitrogens with zero attached hydrogens (tertiary/aromatic N) is 2. The highest BCUT2D eigenvalue weighted by atomic mass is 19.1. The van der Waals surface area contributed by atoms with Crippen molar-refractivity contribution < 1.29 is 9.18 Å². The second-order valence-electron chi connectivity index (χ2n) is 5.05. The van der Waals surface area contributed by atoms with Crippen molar-refractivity contribution in [2.24, 2.45) is 5.73 Å². The van der Waals surface area contributed by atoms with E-state index in [0.29, 0.717) is 12.1 Å². The van der Waals surface area contributed by atoms with Gasteiger partial charge in [-0.3, -0.25) is 9.78 Å². The van der Waals surface area contributed by atoms with Gasteiger partial charge in [0, 0.05) is 24.8 Å². The highest BCUT2D eigenvalue weighted by molar-refractivity contribution is 5.94. The number of amides is 1. The maximum Gasteiger partial charge on any atom is 0.255 e. The third-order valence-corrected chi connectivity index (χ3v) is 3.74. The van der Waals surface area contributed by atoms with E-state index in [-0.39, 0.29) is 18.0 Å². The summed E-state index contributed by atoms with van der Waals surface area (Å²) in [6.07, 6.45) is 6.24. The first-order valence-electron chi connectivity index (χ1n) is 6.79. The molecule has 1 fully saturated rings. The van der Waals surface area contributed by atoms with Gasteiger partial charge in [-0.2, -0.15) is 0 Å². The van der Waals surface area contributed by atoms with E-state index in [4.69, 9.17) is 5.73 Å². The first-order chi connectivity index (χ1) is 9.11. The molecule has 2 rings (SSSR count). The topological polar surface area (TPSA) is 59.2 Å². The maximum absolute atomic E-state index is 13.1. The Morgan fingerprint density at radius 2 is 2.11 bits per heavy atom. The molecule has 0 saturated heterocycles. The zero-order chi connectivity index (χ0) is 13.8. The molecule has 0 aliphatic heterocycles. The van der Waals surface area contributed by atoms with Crippen LogP contribution in [0.2, 0.25) is 0 Å². The molecule has 1 aromatic heterocycles. The lowest BCUT2D eigenvalue weighted by Gasteiger charge is -2.35. The van der Waals surface area contributed by atoms with Crippen LogP contribution in [0.3, 0.4) is 0 Å². The molecular weight excluding hydrogens is 245 g/mol. The van der Waals surface area contributed by atoms with Crippen molar-refractivity contribution in [3.05, 3.63) is 29.8 Å². The van der Waals surface area contributed by atoms with E-state index in [2.05, 4.69) is 4.98 Å². The zero-order valence-corrected chi connectivity index (χ0v) is 11.2. The van der Waals surface area contributed by atoms with Crippen molar-refractivity contribution in [2.75, 3.05) is 6.54 Å². The van der Waals surface area contributed by atoms with Crippen LogP contribution in [0.5, 0.6) is 0 Å². The van der Waals surface area contributed by atoms with Crippen molar-refractivity contribution in [2.45, 2.75) is 44.7 Å². The molecule has 1 saturated carbocycles. The molecule has 1 aliphatic rings. The van der Waals surface area contributed by atoms with E-state index in [1.54, 1.807) is 0 Å². The van der Waals surface area contributed by atoms with Crippen LogP contribution in [0.25, 0.3) is 0 Å². The second kappa shape index (κ2) is 6.10. The Kier molecular flexibility index (Phi) is 4.47. The summed E-state index contributed by atoms with van der Waals surface area (Å²) in [6, 6.07) is 1.70. The number of rotatable bonds is 3. The van der Waals surface area contributed by atoms with Crippen molar-refractivity contribution in [1.29, 1.82) is 0 Å². The monoisotopic (exact) mass is 265 g/mol. The van der Waals surface area contributed by atoms with Crippen molar-refractivity contribution in [1.82, 2.24) is 9.88 Å². The van der Waals surface area contributed by atoms with Crippen molar-refractivity contribution in [3.8, 4) is 0 Å². The number of nitrogens with two attached hydrogens (primary N) is 1. The van der Waals surface area contributed by atoms with Crippen LogP contribution in [-0.2, 0) is 0 Å². The molecule has 0 atom stereocenters. The fourth-order valence-electron chi connectivity index (χ4n) is 2.68. The predicted octanol–water partition coefficient (Wildman–Crippen LogP) is 1.95. The number of carbonyl (C=O) groups is 1. The van der Waals surface area contributed by atoms with E-state index in [1.807, 2.05) is 11.8 Å². The lowest BCUT2D eigenvalue weighted by Crippen LogP contribution is -2.44. The molecule has 1 heterocycles. The molecule has 4 nitrogen and oxygen atoms in total. The van der Waals surface area contributed by atoms with E-state index in [9.17, 15) is 9.18 Å². The highest BCUT2D eigenvalue weighted by Crippen LogP contribution is 2.23. The Morgan fingerprint density at radius 1 is 1.42 bits per heavy atom. The molecule has 2 N–H and O–H groups in total. The van der Waals surface area contributed by atoms with Crippen LogP contribution >= 0.6 is 0 Å². The Labute approximate surface area is 112 Å². The molecule has 0 bridgehead atoms. The molecule has 104 valence electrons. The van der Waals surface area contributed by atoms with Crippen molar-refractivity contribution >= 4 is 5.91 Å². The van der Waals surface area contributed by atoms with Gasteiger partial charge in [0.15, 0.2) is 0 Å². The number of carbonyl (C=O) groups excluding carboxylic acids is 1. The third-order valence-electron chi connectivity index (χ3n) is 3.74. The van der Waals surface area contributed by atoms with E-state index < -0.39 is 5.82 Å². The SMILES string of the molecule is CCN(C(=O)c1cncc(F)c1)C1CCC(N)CC1. The summed E-state index contributed by atoms with van der Waals surface area (Å²) in [7, 11) is 0. The van der Waals surface area contributed by atoms with Gasteiger partial charge in [-0.05, 0) is 38.7 Å². The quantitative estimate of drug-likeness (QED) is 0.908. The number of halogens is 1. The summed E-state index contributed by atoms with van der Waals surface area (Å²) < 4.78 is 13.1. The molecule has 1 amide bonds. The molecule has 5 heteroatoms. The van der Waals surface area contributed by atoms with Gasteiger partial charge in [0.2, 0.25) is 0 Å². The minimum absolute atomic E-state index is 0.144. The Hall–Kier alpha value is -1.49. The first kappa shape index (κ1) is 13.9. The smallest absolute Gasteiger partial charge is 0.255 e. The minimum Gasteiger partial charge on any atom is -0.336 e. The van der Waals surface area contributed by atoms with Crippen LogP contribution in [0, 0.1) is 5.82 Å². The Bertz CT molecular complexity index is 444. The predicted molar refractivity (Wildman–Crippen MR) is 71.1 cm³/mol. The number of aromatic nitrogens is 1. The van der Waals surface area contributed by atoms with Crippen LogP contribution in [0.15, 0.2) is 18.5 Å². The number of hydrogen-bond donors (Lipinski definition) is 1. The summed E-state index contributed by atoms with van der Waals surface area (Å²) in [5.41, 5.74) is 6.20. The van der Waals surface area contributed by atoms with Gasteiger partial charge in [0.05, 0.1) is 11.8 Å². The van der Waals surface area contributed by atoms with Crippen LogP contribution in [-0.4, -0.2) is 34.4 Å². The van der Waals surface area contributed by atoms with Crippen LogP contribution < -0.4 is 5.73 Å².